The highest BCUT2D eigenvalue weighted by atomic mass is 35.5. The highest BCUT2D eigenvalue weighted by Crippen LogP contribution is 2.13. The fourth-order valence-corrected chi connectivity index (χ4v) is 1.33. The molecule has 0 heterocycles. The maximum atomic E-state index is 5.91. The van der Waals surface area contributed by atoms with Crippen molar-refractivity contribution in [1.82, 2.24) is 0 Å². The standard InChI is InChI=1S/C10H11Cl2/c1-8-4-2-3-5-9(8)6-10(12)7-11/h2-5,10H,1,6-7H2. The molecule has 2 heteroatoms. The van der Waals surface area contributed by atoms with Gasteiger partial charge in [0.25, 0.3) is 0 Å². The van der Waals surface area contributed by atoms with E-state index in [4.69, 9.17) is 23.2 Å². The zero-order valence-electron chi connectivity index (χ0n) is 6.76. The summed E-state index contributed by atoms with van der Waals surface area (Å²) in [5, 5.41) is 0.00886. The van der Waals surface area contributed by atoms with Crippen LogP contribution in [0.4, 0.5) is 0 Å². The molecule has 1 atom stereocenters. The van der Waals surface area contributed by atoms with Crippen LogP contribution in [0.25, 0.3) is 0 Å². The normalized spacial score (nSPS) is 12.9. The van der Waals surface area contributed by atoms with Crippen LogP contribution in [-0.2, 0) is 6.42 Å². The first-order valence-electron chi connectivity index (χ1n) is 3.84. The monoisotopic (exact) mass is 201 g/mol. The predicted molar refractivity (Wildman–Crippen MR) is 55.0 cm³/mol. The van der Waals surface area contributed by atoms with E-state index in [2.05, 4.69) is 6.92 Å². The van der Waals surface area contributed by atoms with Gasteiger partial charge >= 0.3 is 0 Å². The second-order valence-corrected chi connectivity index (χ2v) is 3.65. The lowest BCUT2D eigenvalue weighted by atomic mass is 10.0. The molecule has 1 aromatic carbocycles. The van der Waals surface area contributed by atoms with E-state index in [1.165, 1.54) is 5.56 Å². The Bertz CT molecular complexity index is 245. The van der Waals surface area contributed by atoms with Gasteiger partial charge in [-0.3, -0.25) is 0 Å². The van der Waals surface area contributed by atoms with Crippen LogP contribution in [0.3, 0.4) is 0 Å². The number of rotatable bonds is 3. The van der Waals surface area contributed by atoms with Crippen LogP contribution in [0.5, 0.6) is 0 Å². The highest BCUT2D eigenvalue weighted by Gasteiger charge is 2.05. The van der Waals surface area contributed by atoms with Gasteiger partial charge in [-0.2, -0.15) is 0 Å². The number of hydrogen-bond donors (Lipinski definition) is 0. The Morgan fingerprint density at radius 1 is 1.33 bits per heavy atom. The molecule has 0 aliphatic carbocycles. The molecule has 0 amide bonds. The predicted octanol–water partition coefficient (Wildman–Crippen LogP) is 3.26. The first kappa shape index (κ1) is 9.88. The SMILES string of the molecule is [CH2]c1ccccc1CC(Cl)CCl. The Hall–Kier alpha value is -0.200. The average molecular weight is 202 g/mol. The number of alkyl halides is 2. The third-order valence-electron chi connectivity index (χ3n) is 1.73. The molecule has 1 aromatic rings. The van der Waals surface area contributed by atoms with E-state index < -0.39 is 0 Å². The average Bonchev–Trinajstić information content (AvgIpc) is 2.09. The molecular weight excluding hydrogens is 191 g/mol. The van der Waals surface area contributed by atoms with Crippen molar-refractivity contribution in [1.29, 1.82) is 0 Å². The fourth-order valence-electron chi connectivity index (χ4n) is 1.05. The summed E-state index contributed by atoms with van der Waals surface area (Å²) in [7, 11) is 0. The minimum absolute atomic E-state index is 0.00886. The lowest BCUT2D eigenvalue weighted by molar-refractivity contribution is 0.933. The summed E-state index contributed by atoms with van der Waals surface area (Å²) < 4.78 is 0. The molecule has 0 spiro atoms. The summed E-state index contributed by atoms with van der Waals surface area (Å²) in [5.41, 5.74) is 2.21. The zero-order chi connectivity index (χ0) is 8.97. The van der Waals surface area contributed by atoms with Gasteiger partial charge in [-0.15, -0.1) is 23.2 Å². The summed E-state index contributed by atoms with van der Waals surface area (Å²) >= 11 is 11.5. The van der Waals surface area contributed by atoms with Crippen LogP contribution < -0.4 is 0 Å². The molecule has 1 unspecified atom stereocenters. The summed E-state index contributed by atoms with van der Waals surface area (Å²) in [6.07, 6.45) is 0.796. The largest absolute Gasteiger partial charge is 0.125 e. The van der Waals surface area contributed by atoms with Crippen molar-refractivity contribution >= 4 is 23.2 Å². The Labute approximate surface area is 83.5 Å². The topological polar surface area (TPSA) is 0 Å². The first-order chi connectivity index (χ1) is 5.74. The number of hydrogen-bond acceptors (Lipinski definition) is 0. The maximum absolute atomic E-state index is 5.91. The highest BCUT2D eigenvalue weighted by molar-refractivity contribution is 6.28. The Morgan fingerprint density at radius 2 is 2.00 bits per heavy atom. The van der Waals surface area contributed by atoms with Gasteiger partial charge in [0.15, 0.2) is 0 Å². The first-order valence-corrected chi connectivity index (χ1v) is 4.81. The maximum Gasteiger partial charge on any atom is 0.0511 e. The molecule has 1 radical (unpaired) electrons. The van der Waals surface area contributed by atoms with Gasteiger partial charge in [0, 0.05) is 5.88 Å². The smallest absolute Gasteiger partial charge is 0.0511 e. The van der Waals surface area contributed by atoms with Crippen LogP contribution in [0.2, 0.25) is 0 Å². The van der Waals surface area contributed by atoms with E-state index in [0.717, 1.165) is 12.0 Å². The lowest BCUT2D eigenvalue weighted by Gasteiger charge is -2.07. The van der Waals surface area contributed by atoms with Gasteiger partial charge < -0.3 is 0 Å². The molecule has 12 heavy (non-hydrogen) atoms. The second-order valence-electron chi connectivity index (χ2n) is 2.72. The van der Waals surface area contributed by atoms with E-state index in [-0.39, 0.29) is 5.38 Å². The van der Waals surface area contributed by atoms with Crippen LogP contribution >= 0.6 is 23.2 Å². The van der Waals surface area contributed by atoms with E-state index >= 15 is 0 Å². The van der Waals surface area contributed by atoms with Crippen molar-refractivity contribution < 1.29 is 0 Å². The third-order valence-corrected chi connectivity index (χ3v) is 2.57. The zero-order valence-corrected chi connectivity index (χ0v) is 8.28. The molecule has 0 aliphatic heterocycles. The van der Waals surface area contributed by atoms with Gasteiger partial charge in [-0.05, 0) is 24.5 Å². The number of benzene rings is 1. The van der Waals surface area contributed by atoms with Crippen molar-refractivity contribution in [2.45, 2.75) is 11.8 Å². The van der Waals surface area contributed by atoms with Gasteiger partial charge in [-0.25, -0.2) is 0 Å². The van der Waals surface area contributed by atoms with Crippen LogP contribution in [0, 0.1) is 6.92 Å². The summed E-state index contributed by atoms with van der Waals surface area (Å²) in [6, 6.07) is 7.97. The molecule has 0 aromatic heterocycles. The molecular formula is C10H11Cl2. The van der Waals surface area contributed by atoms with E-state index in [1.54, 1.807) is 0 Å². The van der Waals surface area contributed by atoms with Crippen molar-refractivity contribution in [2.24, 2.45) is 0 Å². The van der Waals surface area contributed by atoms with Crippen LogP contribution in [0.1, 0.15) is 11.1 Å². The summed E-state index contributed by atoms with van der Waals surface area (Å²) in [5.74, 6) is 0.482. The quantitative estimate of drug-likeness (QED) is 0.660. The molecule has 0 bridgehead atoms. The van der Waals surface area contributed by atoms with E-state index in [1.807, 2.05) is 24.3 Å². The summed E-state index contributed by atoms with van der Waals surface area (Å²) in [4.78, 5) is 0. The van der Waals surface area contributed by atoms with E-state index in [0.29, 0.717) is 5.88 Å². The number of halogens is 2. The fraction of sp³-hybridized carbons (Fsp3) is 0.300. The molecule has 0 fully saturated rings. The van der Waals surface area contributed by atoms with Crippen molar-refractivity contribution in [3.63, 3.8) is 0 Å². The van der Waals surface area contributed by atoms with Gasteiger partial charge in [0.05, 0.1) is 5.38 Å². The van der Waals surface area contributed by atoms with Crippen molar-refractivity contribution in [2.75, 3.05) is 5.88 Å². The van der Waals surface area contributed by atoms with Crippen molar-refractivity contribution in [3.8, 4) is 0 Å². The minimum Gasteiger partial charge on any atom is -0.125 e. The molecule has 0 N–H and O–H groups in total. The Kier molecular flexibility index (Phi) is 3.90. The Balaban J connectivity index is 2.69. The molecule has 0 saturated carbocycles. The summed E-state index contributed by atoms with van der Waals surface area (Å²) in [6.45, 7) is 3.91. The molecule has 0 saturated heterocycles. The van der Waals surface area contributed by atoms with Gasteiger partial charge in [0.1, 0.15) is 0 Å². The van der Waals surface area contributed by atoms with Gasteiger partial charge in [0.2, 0.25) is 0 Å². The minimum atomic E-state index is 0.00886. The van der Waals surface area contributed by atoms with Crippen molar-refractivity contribution in [3.05, 3.63) is 42.3 Å². The molecule has 0 nitrogen and oxygen atoms in total. The van der Waals surface area contributed by atoms with Crippen LogP contribution in [-0.4, -0.2) is 11.3 Å². The van der Waals surface area contributed by atoms with E-state index in [9.17, 15) is 0 Å². The van der Waals surface area contributed by atoms with Gasteiger partial charge in [-0.1, -0.05) is 24.3 Å². The third kappa shape index (κ3) is 2.69. The van der Waals surface area contributed by atoms with Crippen LogP contribution in [0.15, 0.2) is 24.3 Å². The molecule has 0 aliphatic rings. The Morgan fingerprint density at radius 3 is 2.58 bits per heavy atom. The molecule has 65 valence electrons. The molecule has 1 rings (SSSR count). The second kappa shape index (κ2) is 4.74. The lowest BCUT2D eigenvalue weighted by Crippen LogP contribution is -2.05.